The fraction of sp³-hybridized carbons (Fsp3) is 0.308. The molecule has 24 heavy (non-hydrogen) atoms. The Morgan fingerprint density at radius 3 is 2.54 bits per heavy atom. The molecule has 11 heteroatoms. The lowest BCUT2D eigenvalue weighted by Crippen LogP contribution is -2.24. The number of nitrogens with two attached hydrogens (primary N) is 1. The smallest absolute Gasteiger partial charge is 0.350 e. The monoisotopic (exact) mass is 373 g/mol. The summed E-state index contributed by atoms with van der Waals surface area (Å²) in [6, 6.07) is 2.12. The van der Waals surface area contributed by atoms with E-state index in [-0.39, 0.29) is 27.7 Å². The van der Waals surface area contributed by atoms with Crippen LogP contribution < -0.4 is 16.1 Å². The molecule has 0 bridgehead atoms. The van der Waals surface area contributed by atoms with Crippen LogP contribution in [-0.2, 0) is 17.1 Å². The zero-order chi connectivity index (χ0) is 18.2. The van der Waals surface area contributed by atoms with Gasteiger partial charge >= 0.3 is 5.69 Å². The number of sulfonamides is 1. The maximum atomic E-state index is 14.4. The third kappa shape index (κ3) is 3.31. The van der Waals surface area contributed by atoms with Crippen LogP contribution in [0.2, 0.25) is 0 Å². The zero-order valence-electron chi connectivity index (χ0n) is 13.2. The Hall–Kier alpha value is -2.27. The first-order valence-corrected chi connectivity index (χ1v) is 8.90. The van der Waals surface area contributed by atoms with Crippen LogP contribution in [0.3, 0.4) is 0 Å². The van der Waals surface area contributed by atoms with Crippen molar-refractivity contribution in [2.45, 2.75) is 13.8 Å². The van der Waals surface area contributed by atoms with E-state index in [4.69, 9.17) is 18.0 Å². The number of rotatable bonds is 5. The van der Waals surface area contributed by atoms with E-state index >= 15 is 0 Å². The predicted molar refractivity (Wildman–Crippen MR) is 92.5 cm³/mol. The molecule has 0 radical (unpaired) electrons. The van der Waals surface area contributed by atoms with Crippen molar-refractivity contribution in [1.82, 2.24) is 14.3 Å². The highest BCUT2D eigenvalue weighted by Gasteiger charge is 2.19. The molecule has 0 fully saturated rings. The molecule has 0 unspecified atom stereocenters. The fourth-order valence-electron chi connectivity index (χ4n) is 1.94. The van der Waals surface area contributed by atoms with Gasteiger partial charge in [-0.3, -0.25) is 9.29 Å². The van der Waals surface area contributed by atoms with E-state index in [0.717, 1.165) is 16.8 Å². The average Bonchev–Trinajstić information content (AvgIpc) is 2.75. The van der Waals surface area contributed by atoms with Gasteiger partial charge in [0.05, 0.1) is 11.4 Å². The standard InChI is InChI=1S/C13H16FN5O3S2/c1-4-24(21,22)17-10-6-11(9(14)5-8(10)12(15)23)19-13(20)18(3)7(2)16-19/h5-6,17H,4H2,1-3H3,(H2,15,23). The fourth-order valence-corrected chi connectivity index (χ4v) is 2.76. The van der Waals surface area contributed by atoms with Crippen molar-refractivity contribution in [3.8, 4) is 5.69 Å². The van der Waals surface area contributed by atoms with Crippen LogP contribution >= 0.6 is 12.2 Å². The Morgan fingerprint density at radius 2 is 2.08 bits per heavy atom. The number of benzene rings is 1. The van der Waals surface area contributed by atoms with Gasteiger partial charge in [0.1, 0.15) is 22.3 Å². The van der Waals surface area contributed by atoms with E-state index in [1.165, 1.54) is 18.5 Å². The van der Waals surface area contributed by atoms with Crippen LogP contribution in [0, 0.1) is 12.7 Å². The van der Waals surface area contributed by atoms with E-state index < -0.39 is 21.5 Å². The minimum Gasteiger partial charge on any atom is -0.389 e. The van der Waals surface area contributed by atoms with Gasteiger partial charge in [0, 0.05) is 12.6 Å². The van der Waals surface area contributed by atoms with Crippen molar-refractivity contribution in [2.24, 2.45) is 12.8 Å². The molecule has 8 nitrogen and oxygen atoms in total. The van der Waals surface area contributed by atoms with Crippen LogP contribution in [0.1, 0.15) is 18.3 Å². The summed E-state index contributed by atoms with van der Waals surface area (Å²) in [6.45, 7) is 3.03. The first-order valence-electron chi connectivity index (χ1n) is 6.84. The van der Waals surface area contributed by atoms with Crippen molar-refractivity contribution in [1.29, 1.82) is 0 Å². The second-order valence-corrected chi connectivity index (χ2v) is 7.47. The number of aromatic nitrogens is 3. The van der Waals surface area contributed by atoms with Crippen molar-refractivity contribution < 1.29 is 12.8 Å². The predicted octanol–water partition coefficient (Wildman–Crippen LogP) is 0.414. The molecule has 0 saturated carbocycles. The molecule has 0 atom stereocenters. The van der Waals surface area contributed by atoms with Gasteiger partial charge in [0.15, 0.2) is 0 Å². The first-order chi connectivity index (χ1) is 11.1. The van der Waals surface area contributed by atoms with Gasteiger partial charge in [0.25, 0.3) is 0 Å². The molecule has 0 aliphatic rings. The third-order valence-electron chi connectivity index (χ3n) is 3.42. The van der Waals surface area contributed by atoms with Gasteiger partial charge in [-0.1, -0.05) is 12.2 Å². The van der Waals surface area contributed by atoms with Crippen LogP contribution in [-0.4, -0.2) is 33.5 Å². The van der Waals surface area contributed by atoms with Gasteiger partial charge in [-0.05, 0) is 26.0 Å². The molecule has 130 valence electrons. The van der Waals surface area contributed by atoms with E-state index in [0.29, 0.717) is 5.82 Å². The molecule has 2 aromatic rings. The van der Waals surface area contributed by atoms with Gasteiger partial charge in [-0.2, -0.15) is 9.78 Å². The van der Waals surface area contributed by atoms with Gasteiger partial charge in [0.2, 0.25) is 10.0 Å². The summed E-state index contributed by atoms with van der Waals surface area (Å²) in [5.41, 5.74) is 4.75. The lowest BCUT2D eigenvalue weighted by atomic mass is 10.1. The molecule has 1 aromatic carbocycles. The molecular weight excluding hydrogens is 357 g/mol. The summed E-state index contributed by atoms with van der Waals surface area (Å²) < 4.78 is 42.4. The zero-order valence-corrected chi connectivity index (χ0v) is 14.8. The average molecular weight is 373 g/mol. The Labute approximate surface area is 143 Å². The van der Waals surface area contributed by atoms with E-state index in [2.05, 4.69) is 9.82 Å². The Balaban J connectivity index is 2.73. The number of halogens is 1. The summed E-state index contributed by atoms with van der Waals surface area (Å²) in [6.07, 6.45) is 0. The molecular formula is C13H16FN5O3S2. The molecule has 0 spiro atoms. The third-order valence-corrected chi connectivity index (χ3v) is 4.94. The van der Waals surface area contributed by atoms with E-state index in [1.807, 2.05) is 0 Å². The maximum Gasteiger partial charge on any atom is 0.350 e. The highest BCUT2D eigenvalue weighted by atomic mass is 32.2. The van der Waals surface area contributed by atoms with Crippen molar-refractivity contribution in [3.05, 3.63) is 39.8 Å². The number of hydrogen-bond acceptors (Lipinski definition) is 5. The number of aryl methyl sites for hydroxylation is 1. The van der Waals surface area contributed by atoms with Crippen LogP contribution in [0.15, 0.2) is 16.9 Å². The molecule has 1 heterocycles. The van der Waals surface area contributed by atoms with Crippen LogP contribution in [0.4, 0.5) is 10.1 Å². The van der Waals surface area contributed by atoms with Crippen LogP contribution in [0.25, 0.3) is 5.69 Å². The highest BCUT2D eigenvalue weighted by molar-refractivity contribution is 7.92. The molecule has 1 aromatic heterocycles. The second-order valence-electron chi connectivity index (χ2n) is 5.02. The van der Waals surface area contributed by atoms with Gasteiger partial charge < -0.3 is 5.73 Å². The quantitative estimate of drug-likeness (QED) is 0.735. The van der Waals surface area contributed by atoms with Gasteiger partial charge in [-0.25, -0.2) is 17.6 Å². The summed E-state index contributed by atoms with van der Waals surface area (Å²) in [7, 11) is -2.16. The topological polar surface area (TPSA) is 112 Å². The number of hydrogen-bond donors (Lipinski definition) is 2. The molecule has 0 aliphatic carbocycles. The maximum absolute atomic E-state index is 14.4. The first kappa shape index (κ1) is 18.1. The molecule has 0 aliphatic heterocycles. The summed E-state index contributed by atoms with van der Waals surface area (Å²) in [4.78, 5) is 11.9. The molecule has 0 saturated heterocycles. The normalized spacial score (nSPS) is 11.5. The minimum absolute atomic E-state index is 0.0176. The Morgan fingerprint density at radius 1 is 1.46 bits per heavy atom. The van der Waals surface area contributed by atoms with Gasteiger partial charge in [-0.15, -0.1) is 0 Å². The lowest BCUT2D eigenvalue weighted by Gasteiger charge is -2.13. The summed E-state index contributed by atoms with van der Waals surface area (Å²) in [5.74, 6) is -0.634. The van der Waals surface area contributed by atoms with Crippen molar-refractivity contribution >= 4 is 32.9 Å². The Bertz CT molecular complexity index is 978. The van der Waals surface area contributed by atoms with E-state index in [1.54, 1.807) is 6.92 Å². The van der Waals surface area contributed by atoms with Crippen molar-refractivity contribution in [3.63, 3.8) is 0 Å². The SMILES string of the molecule is CCS(=O)(=O)Nc1cc(-n2nc(C)n(C)c2=O)c(F)cc1C(N)=S. The van der Waals surface area contributed by atoms with Crippen LogP contribution in [0.5, 0.6) is 0 Å². The van der Waals surface area contributed by atoms with Crippen molar-refractivity contribution in [2.75, 3.05) is 10.5 Å². The molecule has 2 rings (SSSR count). The second kappa shape index (κ2) is 6.32. The summed E-state index contributed by atoms with van der Waals surface area (Å²) in [5, 5.41) is 3.96. The summed E-state index contributed by atoms with van der Waals surface area (Å²) >= 11 is 4.83. The number of nitrogens with one attached hydrogen (secondary N) is 1. The Kier molecular flexibility index (Phi) is 4.76. The molecule has 0 amide bonds. The number of anilines is 1. The lowest BCUT2D eigenvalue weighted by molar-refractivity contribution is 0.600. The number of nitrogens with zero attached hydrogens (tertiary/aromatic N) is 3. The minimum atomic E-state index is -3.65. The van der Waals surface area contributed by atoms with E-state index in [9.17, 15) is 17.6 Å². The highest BCUT2D eigenvalue weighted by Crippen LogP contribution is 2.24. The molecule has 3 N–H and O–H groups in total. The number of thiocarbonyl (C=S) groups is 1. The largest absolute Gasteiger partial charge is 0.389 e.